The fourth-order valence-electron chi connectivity index (χ4n) is 3.05. The van der Waals surface area contributed by atoms with Gasteiger partial charge in [-0.25, -0.2) is 14.3 Å². The summed E-state index contributed by atoms with van der Waals surface area (Å²) in [5.41, 5.74) is 2.55. The first-order chi connectivity index (χ1) is 13.6. The lowest BCUT2D eigenvalue weighted by Crippen LogP contribution is -2.32. The van der Waals surface area contributed by atoms with Crippen molar-refractivity contribution in [3.63, 3.8) is 0 Å². The van der Waals surface area contributed by atoms with E-state index in [1.54, 1.807) is 18.3 Å². The summed E-state index contributed by atoms with van der Waals surface area (Å²) in [5.74, 6) is -0.235. The standard InChI is InChI=1S/C21H17BrN4O2/c22-16-10-8-15(9-11-16)13-24-19(27)14-25-18-7-4-12-23-20(18)26(21(25)28)17-5-2-1-3-6-17/h1-12H,13-14H2,(H,24,27). The Hall–Kier alpha value is -3.19. The minimum atomic E-state index is -0.293. The van der Waals surface area contributed by atoms with Crippen molar-refractivity contribution in [1.82, 2.24) is 19.4 Å². The number of aromatic nitrogens is 3. The molecule has 2 aromatic heterocycles. The molecule has 2 aromatic carbocycles. The van der Waals surface area contributed by atoms with Gasteiger partial charge in [0.25, 0.3) is 0 Å². The van der Waals surface area contributed by atoms with Gasteiger partial charge in [-0.2, -0.15) is 0 Å². The van der Waals surface area contributed by atoms with Crippen LogP contribution in [-0.2, 0) is 17.9 Å². The molecule has 0 unspecified atom stereocenters. The van der Waals surface area contributed by atoms with Crippen molar-refractivity contribution in [3.05, 3.63) is 93.4 Å². The van der Waals surface area contributed by atoms with Crippen LogP contribution in [0.2, 0.25) is 0 Å². The summed E-state index contributed by atoms with van der Waals surface area (Å²) in [7, 11) is 0. The topological polar surface area (TPSA) is 68.9 Å². The predicted molar refractivity (Wildman–Crippen MR) is 111 cm³/mol. The molecule has 1 N–H and O–H groups in total. The number of hydrogen-bond donors (Lipinski definition) is 1. The highest BCUT2D eigenvalue weighted by Gasteiger charge is 2.17. The Morgan fingerprint density at radius 3 is 2.50 bits per heavy atom. The number of hydrogen-bond acceptors (Lipinski definition) is 3. The number of benzene rings is 2. The molecular weight excluding hydrogens is 420 g/mol. The minimum Gasteiger partial charge on any atom is -0.350 e. The van der Waals surface area contributed by atoms with Crippen molar-refractivity contribution in [2.45, 2.75) is 13.1 Å². The van der Waals surface area contributed by atoms with Crippen molar-refractivity contribution in [2.24, 2.45) is 0 Å². The molecule has 0 spiro atoms. The number of para-hydroxylation sites is 1. The van der Waals surface area contributed by atoms with Gasteiger partial charge in [-0.15, -0.1) is 0 Å². The highest BCUT2D eigenvalue weighted by molar-refractivity contribution is 9.10. The first-order valence-electron chi connectivity index (χ1n) is 8.76. The van der Waals surface area contributed by atoms with E-state index in [-0.39, 0.29) is 18.1 Å². The van der Waals surface area contributed by atoms with Crippen LogP contribution >= 0.6 is 15.9 Å². The molecule has 0 saturated heterocycles. The number of carbonyl (C=O) groups is 1. The number of halogens is 1. The maximum atomic E-state index is 13.0. The lowest BCUT2D eigenvalue weighted by molar-refractivity contribution is -0.121. The molecule has 0 saturated carbocycles. The molecule has 4 aromatic rings. The van der Waals surface area contributed by atoms with Crippen molar-refractivity contribution < 1.29 is 4.79 Å². The van der Waals surface area contributed by atoms with Crippen LogP contribution in [0.4, 0.5) is 0 Å². The van der Waals surface area contributed by atoms with Crippen LogP contribution in [0.3, 0.4) is 0 Å². The van der Waals surface area contributed by atoms with E-state index < -0.39 is 0 Å². The van der Waals surface area contributed by atoms with Gasteiger partial charge in [0.1, 0.15) is 6.54 Å². The largest absolute Gasteiger partial charge is 0.350 e. The average molecular weight is 437 g/mol. The summed E-state index contributed by atoms with van der Waals surface area (Å²) in [6, 6.07) is 20.5. The summed E-state index contributed by atoms with van der Waals surface area (Å²) in [4.78, 5) is 29.9. The molecule has 2 heterocycles. The zero-order chi connectivity index (χ0) is 19.5. The van der Waals surface area contributed by atoms with Gasteiger partial charge >= 0.3 is 5.69 Å². The second-order valence-corrected chi connectivity index (χ2v) is 7.20. The van der Waals surface area contributed by atoms with E-state index in [4.69, 9.17) is 0 Å². The quantitative estimate of drug-likeness (QED) is 0.521. The summed E-state index contributed by atoms with van der Waals surface area (Å²) in [6.45, 7) is 0.327. The number of carbonyl (C=O) groups excluding carboxylic acids is 1. The Balaban J connectivity index is 1.62. The molecule has 4 rings (SSSR count). The Morgan fingerprint density at radius 2 is 1.75 bits per heavy atom. The molecule has 0 aliphatic heterocycles. The summed E-state index contributed by atoms with van der Waals surface area (Å²) in [6.07, 6.45) is 1.64. The molecule has 0 atom stereocenters. The maximum absolute atomic E-state index is 13.0. The van der Waals surface area contributed by atoms with E-state index in [1.807, 2.05) is 54.6 Å². The number of nitrogens with one attached hydrogen (secondary N) is 1. The van der Waals surface area contributed by atoms with Crippen LogP contribution in [-0.4, -0.2) is 20.0 Å². The zero-order valence-electron chi connectivity index (χ0n) is 14.9. The smallest absolute Gasteiger partial charge is 0.335 e. The molecule has 7 heteroatoms. The lowest BCUT2D eigenvalue weighted by Gasteiger charge is -2.06. The minimum absolute atomic E-state index is 0.0720. The van der Waals surface area contributed by atoms with Gasteiger partial charge in [0.2, 0.25) is 5.91 Å². The fraction of sp³-hybridized carbons (Fsp3) is 0.0952. The van der Waals surface area contributed by atoms with Crippen LogP contribution in [0.25, 0.3) is 16.9 Å². The molecule has 140 valence electrons. The van der Waals surface area contributed by atoms with Crippen LogP contribution in [0.5, 0.6) is 0 Å². The number of nitrogens with zero attached hydrogens (tertiary/aromatic N) is 3. The third-order valence-electron chi connectivity index (χ3n) is 4.41. The monoisotopic (exact) mass is 436 g/mol. The van der Waals surface area contributed by atoms with Gasteiger partial charge in [0.15, 0.2) is 5.65 Å². The summed E-state index contributed by atoms with van der Waals surface area (Å²) in [5, 5.41) is 2.86. The number of fused-ring (bicyclic) bond motifs is 1. The van der Waals surface area contributed by atoms with Gasteiger partial charge in [-0.1, -0.05) is 46.3 Å². The Morgan fingerprint density at radius 1 is 1.00 bits per heavy atom. The number of imidazole rings is 1. The van der Waals surface area contributed by atoms with E-state index in [0.717, 1.165) is 10.0 Å². The van der Waals surface area contributed by atoms with Gasteiger partial charge in [0.05, 0.1) is 11.2 Å². The first-order valence-corrected chi connectivity index (χ1v) is 9.55. The molecule has 1 amide bonds. The average Bonchev–Trinajstić information content (AvgIpc) is 3.00. The highest BCUT2D eigenvalue weighted by atomic mass is 79.9. The van der Waals surface area contributed by atoms with E-state index in [1.165, 1.54) is 9.13 Å². The van der Waals surface area contributed by atoms with Crippen LogP contribution in [0.15, 0.2) is 82.2 Å². The van der Waals surface area contributed by atoms with Crippen molar-refractivity contribution in [2.75, 3.05) is 0 Å². The number of pyridine rings is 1. The van der Waals surface area contributed by atoms with Crippen LogP contribution in [0.1, 0.15) is 5.56 Å². The van der Waals surface area contributed by atoms with E-state index in [2.05, 4.69) is 26.2 Å². The molecule has 28 heavy (non-hydrogen) atoms. The molecule has 0 aliphatic carbocycles. The molecule has 6 nitrogen and oxygen atoms in total. The SMILES string of the molecule is O=C(Cn1c(=O)n(-c2ccccc2)c2ncccc21)NCc1ccc(Br)cc1. The van der Waals surface area contributed by atoms with E-state index in [0.29, 0.717) is 23.4 Å². The lowest BCUT2D eigenvalue weighted by atomic mass is 10.2. The molecule has 0 radical (unpaired) electrons. The number of amides is 1. The van der Waals surface area contributed by atoms with Crippen LogP contribution < -0.4 is 11.0 Å². The van der Waals surface area contributed by atoms with E-state index >= 15 is 0 Å². The zero-order valence-corrected chi connectivity index (χ0v) is 16.5. The Kier molecular flexibility index (Phi) is 5.08. The summed E-state index contributed by atoms with van der Waals surface area (Å²) < 4.78 is 3.96. The predicted octanol–water partition coefficient (Wildman–Crippen LogP) is 3.27. The molecule has 0 fully saturated rings. The van der Waals surface area contributed by atoms with Gasteiger partial charge in [0, 0.05) is 17.2 Å². The van der Waals surface area contributed by atoms with Gasteiger partial charge in [-0.05, 0) is 42.0 Å². The van der Waals surface area contributed by atoms with Crippen molar-refractivity contribution in [1.29, 1.82) is 0 Å². The Labute approximate surface area is 169 Å². The highest BCUT2D eigenvalue weighted by Crippen LogP contribution is 2.15. The summed E-state index contributed by atoms with van der Waals surface area (Å²) >= 11 is 3.39. The maximum Gasteiger partial charge on any atom is 0.335 e. The third kappa shape index (κ3) is 3.61. The van der Waals surface area contributed by atoms with Crippen molar-refractivity contribution in [3.8, 4) is 5.69 Å². The number of rotatable bonds is 5. The van der Waals surface area contributed by atoms with E-state index in [9.17, 15) is 9.59 Å². The second-order valence-electron chi connectivity index (χ2n) is 6.29. The first kappa shape index (κ1) is 18.2. The molecule has 0 aliphatic rings. The fourth-order valence-corrected chi connectivity index (χ4v) is 3.32. The van der Waals surface area contributed by atoms with Crippen molar-refractivity contribution >= 4 is 33.0 Å². The van der Waals surface area contributed by atoms with Gasteiger partial charge < -0.3 is 5.32 Å². The normalized spacial score (nSPS) is 10.9. The second kappa shape index (κ2) is 7.82. The van der Waals surface area contributed by atoms with Crippen LogP contribution in [0, 0.1) is 0 Å². The molecular formula is C21H17BrN4O2. The third-order valence-corrected chi connectivity index (χ3v) is 4.94. The Bertz CT molecular complexity index is 1180. The molecule has 0 bridgehead atoms. The van der Waals surface area contributed by atoms with Gasteiger partial charge in [-0.3, -0.25) is 9.36 Å².